The van der Waals surface area contributed by atoms with Crippen molar-refractivity contribution in [3.05, 3.63) is 22.8 Å². The Labute approximate surface area is 117 Å². The zero-order chi connectivity index (χ0) is 16.7. The van der Waals surface area contributed by atoms with Gasteiger partial charge in [-0.25, -0.2) is 0 Å². The molecule has 0 saturated carbocycles. The number of carbonyl (C=O) groups is 1. The number of rotatable bonds is 3. The molecule has 2 rings (SSSR count). The van der Waals surface area contributed by atoms with E-state index < -0.39 is 18.4 Å². The normalized spacial score (nSPS) is 24.6. The van der Waals surface area contributed by atoms with Gasteiger partial charge in [-0.05, 0) is 62.7 Å². The molecule has 0 fully saturated rings. The monoisotopic (exact) mass is 267 g/mol. The van der Waals surface area contributed by atoms with Gasteiger partial charge in [0.25, 0.3) is 0 Å². The summed E-state index contributed by atoms with van der Waals surface area (Å²) in [6.07, 6.45) is 1.40. The molecule has 1 atom stereocenters. The number of fused-ring (bicyclic) bond motifs is 1. The summed E-state index contributed by atoms with van der Waals surface area (Å²) in [5.74, 6) is -0.689. The molecule has 4 nitrogen and oxygen atoms in total. The lowest BCUT2D eigenvalue weighted by molar-refractivity contribution is -0.138. The summed E-state index contributed by atoms with van der Waals surface area (Å²) in [5.41, 5.74) is 0.237. The fourth-order valence-electron chi connectivity index (χ4n) is 2.34. The standard InChI is InChI=1S/C15H20O4/c1-9-10(2)14-11(8-12(9)16)4-6-15(3,19-14)7-5-13(17)18/h8,16H,4-7H2,1-3H3,(H,17,18)/i2D3. The van der Waals surface area contributed by atoms with Gasteiger partial charge >= 0.3 is 5.97 Å². The van der Waals surface area contributed by atoms with Crippen molar-refractivity contribution >= 4 is 5.97 Å². The van der Waals surface area contributed by atoms with E-state index in [2.05, 4.69) is 0 Å². The van der Waals surface area contributed by atoms with E-state index in [-0.39, 0.29) is 29.0 Å². The summed E-state index contributed by atoms with van der Waals surface area (Å²) in [7, 11) is 0. The Bertz CT molecular complexity index is 610. The first-order valence-electron chi connectivity index (χ1n) is 7.80. The molecule has 1 unspecified atom stereocenters. The molecule has 1 aromatic rings. The molecule has 104 valence electrons. The maximum absolute atomic E-state index is 10.8. The third kappa shape index (κ3) is 2.67. The van der Waals surface area contributed by atoms with Gasteiger partial charge < -0.3 is 14.9 Å². The number of phenolic OH excluding ortho intramolecular Hbond substituents is 1. The van der Waals surface area contributed by atoms with Crippen LogP contribution < -0.4 is 4.74 Å². The summed E-state index contributed by atoms with van der Waals surface area (Å²) in [4.78, 5) is 10.8. The average molecular weight is 267 g/mol. The lowest BCUT2D eigenvalue weighted by atomic mass is 9.87. The minimum absolute atomic E-state index is 0.0174. The van der Waals surface area contributed by atoms with E-state index in [1.165, 1.54) is 6.07 Å². The summed E-state index contributed by atoms with van der Waals surface area (Å²) in [6, 6.07) is 1.54. The third-order valence-electron chi connectivity index (χ3n) is 3.73. The number of carboxylic acids is 1. The highest BCUT2D eigenvalue weighted by Crippen LogP contribution is 2.41. The van der Waals surface area contributed by atoms with Crippen LogP contribution in [0.2, 0.25) is 0 Å². The minimum Gasteiger partial charge on any atom is -0.508 e. The van der Waals surface area contributed by atoms with E-state index in [1.54, 1.807) is 13.8 Å². The van der Waals surface area contributed by atoms with Crippen LogP contribution in [0.1, 0.15) is 47.0 Å². The Kier molecular flexibility index (Phi) is 2.54. The number of hydrogen-bond acceptors (Lipinski definition) is 3. The second-order valence-electron chi connectivity index (χ2n) is 5.33. The minimum atomic E-state index is -2.40. The van der Waals surface area contributed by atoms with E-state index in [1.807, 2.05) is 0 Å². The lowest BCUT2D eigenvalue weighted by Crippen LogP contribution is -2.37. The predicted molar refractivity (Wildman–Crippen MR) is 71.8 cm³/mol. The van der Waals surface area contributed by atoms with Crippen LogP contribution in [-0.4, -0.2) is 21.8 Å². The number of ether oxygens (including phenoxy) is 1. The molecule has 0 radical (unpaired) electrons. The number of phenols is 1. The second kappa shape index (κ2) is 4.76. The van der Waals surface area contributed by atoms with E-state index in [4.69, 9.17) is 14.0 Å². The highest BCUT2D eigenvalue weighted by atomic mass is 16.5. The first-order valence-corrected chi connectivity index (χ1v) is 6.30. The number of aliphatic carboxylic acids is 1. The molecule has 1 aromatic carbocycles. The quantitative estimate of drug-likeness (QED) is 0.883. The fraction of sp³-hybridized carbons (Fsp3) is 0.533. The highest BCUT2D eigenvalue weighted by molar-refractivity contribution is 5.66. The summed E-state index contributed by atoms with van der Waals surface area (Å²) in [5, 5.41) is 18.8. The Hall–Kier alpha value is -1.71. The van der Waals surface area contributed by atoms with Crippen LogP contribution in [-0.2, 0) is 11.2 Å². The van der Waals surface area contributed by atoms with Crippen LogP contribution in [0.25, 0.3) is 0 Å². The second-order valence-corrected chi connectivity index (χ2v) is 5.33. The van der Waals surface area contributed by atoms with Crippen molar-refractivity contribution in [2.45, 2.75) is 52.0 Å². The van der Waals surface area contributed by atoms with Gasteiger partial charge in [-0.15, -0.1) is 0 Å². The van der Waals surface area contributed by atoms with Crippen LogP contribution in [0.3, 0.4) is 0 Å². The average Bonchev–Trinajstić information content (AvgIpc) is 2.37. The first-order chi connectivity index (χ1) is 10.0. The van der Waals surface area contributed by atoms with E-state index in [9.17, 15) is 9.90 Å². The number of hydrogen-bond donors (Lipinski definition) is 2. The lowest BCUT2D eigenvalue weighted by Gasteiger charge is -2.37. The van der Waals surface area contributed by atoms with Crippen molar-refractivity contribution in [3.63, 3.8) is 0 Å². The third-order valence-corrected chi connectivity index (χ3v) is 3.73. The summed E-state index contributed by atoms with van der Waals surface area (Å²) < 4.78 is 29.0. The molecule has 0 aliphatic carbocycles. The smallest absolute Gasteiger partial charge is 0.303 e. The van der Waals surface area contributed by atoms with Gasteiger partial charge in [-0.2, -0.15) is 0 Å². The molecule has 1 heterocycles. The van der Waals surface area contributed by atoms with Crippen molar-refractivity contribution in [1.29, 1.82) is 0 Å². The highest BCUT2D eigenvalue weighted by Gasteiger charge is 2.33. The van der Waals surface area contributed by atoms with Crippen LogP contribution in [0, 0.1) is 13.8 Å². The molecule has 1 aliphatic heterocycles. The van der Waals surface area contributed by atoms with E-state index >= 15 is 0 Å². The molecule has 0 spiro atoms. The number of aryl methyl sites for hydroxylation is 1. The Morgan fingerprint density at radius 2 is 2.32 bits per heavy atom. The van der Waals surface area contributed by atoms with Gasteiger partial charge in [-0.1, -0.05) is 0 Å². The Morgan fingerprint density at radius 1 is 1.58 bits per heavy atom. The molecule has 0 bridgehead atoms. The van der Waals surface area contributed by atoms with Crippen molar-refractivity contribution in [3.8, 4) is 11.5 Å². The van der Waals surface area contributed by atoms with Crippen molar-refractivity contribution in [1.82, 2.24) is 0 Å². The Balaban J connectivity index is 2.46. The summed E-state index contributed by atoms with van der Waals surface area (Å²) in [6.45, 7) is 0.937. The SMILES string of the molecule is [2H]C([2H])([2H])c1c(C)c(O)cc2c1OC(C)(CCC(=O)O)CC2. The molecule has 4 heteroatoms. The van der Waals surface area contributed by atoms with E-state index in [0.29, 0.717) is 24.8 Å². The largest absolute Gasteiger partial charge is 0.508 e. The molecule has 0 amide bonds. The Morgan fingerprint density at radius 3 is 2.95 bits per heavy atom. The molecule has 0 saturated heterocycles. The van der Waals surface area contributed by atoms with Crippen molar-refractivity contribution < 1.29 is 23.9 Å². The zero-order valence-corrected chi connectivity index (χ0v) is 11.1. The number of carboxylic acid groups (broad SMARTS) is 1. The van der Waals surface area contributed by atoms with Gasteiger partial charge in [0.2, 0.25) is 0 Å². The summed E-state index contributed by atoms with van der Waals surface area (Å²) >= 11 is 0. The van der Waals surface area contributed by atoms with Crippen molar-refractivity contribution in [2.75, 3.05) is 0 Å². The fourth-order valence-corrected chi connectivity index (χ4v) is 2.34. The van der Waals surface area contributed by atoms with Crippen LogP contribution in [0.15, 0.2) is 6.07 Å². The van der Waals surface area contributed by atoms with Gasteiger partial charge in [0.05, 0.1) is 0 Å². The predicted octanol–water partition coefficient (Wildman–Crippen LogP) is 2.96. The zero-order valence-electron chi connectivity index (χ0n) is 14.1. The topological polar surface area (TPSA) is 66.8 Å². The number of benzene rings is 1. The van der Waals surface area contributed by atoms with Crippen LogP contribution in [0.4, 0.5) is 0 Å². The van der Waals surface area contributed by atoms with Crippen LogP contribution in [0.5, 0.6) is 11.5 Å². The van der Waals surface area contributed by atoms with Crippen LogP contribution >= 0.6 is 0 Å². The van der Waals surface area contributed by atoms with Gasteiger partial charge in [-0.3, -0.25) is 4.79 Å². The molecular formula is C15H20O4. The molecule has 2 N–H and O–H groups in total. The molecule has 1 aliphatic rings. The van der Waals surface area contributed by atoms with Gasteiger partial charge in [0, 0.05) is 10.5 Å². The van der Waals surface area contributed by atoms with Gasteiger partial charge in [0.15, 0.2) is 0 Å². The van der Waals surface area contributed by atoms with Crippen molar-refractivity contribution in [2.24, 2.45) is 0 Å². The van der Waals surface area contributed by atoms with Gasteiger partial charge in [0.1, 0.15) is 17.1 Å². The molecule has 19 heavy (non-hydrogen) atoms. The molecule has 0 aromatic heterocycles. The maximum atomic E-state index is 10.8. The number of aromatic hydroxyl groups is 1. The first kappa shape index (κ1) is 10.1. The molecular weight excluding hydrogens is 244 g/mol. The van der Waals surface area contributed by atoms with E-state index in [0.717, 1.165) is 0 Å². The maximum Gasteiger partial charge on any atom is 0.303 e.